The number of nitrogens with zero attached hydrogens (tertiary/aromatic N) is 1. The van der Waals surface area contributed by atoms with Crippen LogP contribution in [-0.2, 0) is 28.7 Å². The minimum atomic E-state index is -1.47. The van der Waals surface area contributed by atoms with Gasteiger partial charge in [0.2, 0.25) is 0 Å². The Hall–Kier alpha value is -3.16. The Morgan fingerprint density at radius 3 is 1.37 bits per heavy atom. The van der Waals surface area contributed by atoms with Gasteiger partial charge in [-0.15, -0.1) is 0 Å². The van der Waals surface area contributed by atoms with Crippen molar-refractivity contribution in [3.63, 3.8) is 0 Å². The molecule has 0 spiro atoms. The molecule has 0 bridgehead atoms. The molecule has 4 heteroatoms. The van der Waals surface area contributed by atoms with Crippen LogP contribution in [0, 0.1) is 5.41 Å². The summed E-state index contributed by atoms with van der Waals surface area (Å²) in [7, 11) is 0. The van der Waals surface area contributed by atoms with Gasteiger partial charge in [0.25, 0.3) is 0 Å². The third kappa shape index (κ3) is 6.68. The van der Waals surface area contributed by atoms with Crippen LogP contribution < -0.4 is 0 Å². The molecule has 4 rings (SSSR count). The SMILES string of the molecule is CC(C)(C)[C](=[W]=[N]c1ccccc1)c1c(-c2cccc(C(C)(C)C)c2O)cccc1-c1cccc(C(C)(C)C)c1O. The Morgan fingerprint density at radius 2 is 0.951 bits per heavy atom. The van der Waals surface area contributed by atoms with Crippen molar-refractivity contribution in [2.75, 3.05) is 0 Å². The van der Waals surface area contributed by atoms with Crippen LogP contribution in [0.25, 0.3) is 22.3 Å². The molecule has 0 aliphatic rings. The van der Waals surface area contributed by atoms with E-state index in [9.17, 15) is 10.2 Å². The van der Waals surface area contributed by atoms with Crippen LogP contribution in [0.2, 0.25) is 0 Å². The van der Waals surface area contributed by atoms with Crippen LogP contribution in [-0.4, -0.2) is 14.1 Å². The molecule has 214 valence electrons. The van der Waals surface area contributed by atoms with Gasteiger partial charge in [0.1, 0.15) is 0 Å². The van der Waals surface area contributed by atoms with E-state index in [1.54, 1.807) is 0 Å². The van der Waals surface area contributed by atoms with Gasteiger partial charge in [0.15, 0.2) is 0 Å². The second kappa shape index (κ2) is 11.6. The van der Waals surface area contributed by atoms with Crippen LogP contribution >= 0.6 is 0 Å². The van der Waals surface area contributed by atoms with Gasteiger partial charge in [-0.1, -0.05) is 0 Å². The summed E-state index contributed by atoms with van der Waals surface area (Å²) in [5.41, 5.74) is 6.84. The molecule has 0 aliphatic carbocycles. The first-order valence-electron chi connectivity index (χ1n) is 14.2. The van der Waals surface area contributed by atoms with Gasteiger partial charge in [-0.3, -0.25) is 0 Å². The molecule has 0 radical (unpaired) electrons. The summed E-state index contributed by atoms with van der Waals surface area (Å²) in [6.45, 7) is 19.5. The first kappa shape index (κ1) is 30.8. The molecule has 0 amide bonds. The average molecular weight is 718 g/mol. The maximum absolute atomic E-state index is 11.7. The molecule has 41 heavy (non-hydrogen) atoms. The number of hydrogen-bond donors (Lipinski definition) is 2. The normalized spacial score (nSPS) is 12.2. The number of rotatable bonds is 4. The summed E-state index contributed by atoms with van der Waals surface area (Å²) >= 11 is -1.47. The zero-order valence-electron chi connectivity index (χ0n) is 25.8. The maximum atomic E-state index is 11.7. The molecule has 0 heterocycles. The van der Waals surface area contributed by atoms with E-state index in [4.69, 9.17) is 3.50 Å². The van der Waals surface area contributed by atoms with Crippen molar-refractivity contribution in [1.29, 1.82) is 0 Å². The van der Waals surface area contributed by atoms with Crippen molar-refractivity contribution in [3.8, 4) is 33.8 Å². The molecular weight excluding hydrogens is 674 g/mol. The number of para-hydroxylation sites is 2. The summed E-state index contributed by atoms with van der Waals surface area (Å²) in [6, 6.07) is 28.6. The molecule has 0 saturated carbocycles. The van der Waals surface area contributed by atoms with Gasteiger partial charge < -0.3 is 0 Å². The number of benzene rings is 4. The molecule has 0 unspecified atom stereocenters. The molecule has 0 saturated heterocycles. The van der Waals surface area contributed by atoms with E-state index >= 15 is 0 Å². The molecule has 4 aromatic rings. The van der Waals surface area contributed by atoms with Gasteiger partial charge in [-0.25, -0.2) is 0 Å². The van der Waals surface area contributed by atoms with Crippen LogP contribution in [0.15, 0.2) is 88.4 Å². The molecule has 0 aromatic heterocycles. The fourth-order valence-electron chi connectivity index (χ4n) is 5.12. The van der Waals surface area contributed by atoms with Gasteiger partial charge in [-0.2, -0.15) is 0 Å². The molecule has 2 N–H and O–H groups in total. The van der Waals surface area contributed by atoms with Crippen molar-refractivity contribution in [1.82, 2.24) is 0 Å². The van der Waals surface area contributed by atoms with Crippen molar-refractivity contribution in [2.24, 2.45) is 8.91 Å². The number of aromatic hydroxyl groups is 2. The number of phenolic OH excluding ortho intramolecular Hbond substituents is 2. The number of hydrogen-bond acceptors (Lipinski definition) is 3. The molecule has 4 aromatic carbocycles. The Bertz CT molecular complexity index is 1540. The summed E-state index contributed by atoms with van der Waals surface area (Å²) in [6.07, 6.45) is 0. The van der Waals surface area contributed by atoms with E-state index in [2.05, 4.69) is 86.6 Å². The van der Waals surface area contributed by atoms with Crippen LogP contribution in [0.4, 0.5) is 5.69 Å². The minimum absolute atomic E-state index is 0.178. The molecular formula is C37H43NO2W. The van der Waals surface area contributed by atoms with Crippen molar-refractivity contribution in [2.45, 2.75) is 73.1 Å². The fourth-order valence-corrected chi connectivity index (χ4v) is 8.37. The van der Waals surface area contributed by atoms with Crippen molar-refractivity contribution >= 4 is 9.59 Å². The van der Waals surface area contributed by atoms with Gasteiger partial charge in [0, 0.05) is 0 Å². The van der Waals surface area contributed by atoms with E-state index in [-0.39, 0.29) is 16.2 Å². The molecule has 3 nitrogen and oxygen atoms in total. The van der Waals surface area contributed by atoms with Gasteiger partial charge >= 0.3 is 255 Å². The second-order valence-corrected chi connectivity index (χ2v) is 16.5. The molecule has 0 aliphatic heterocycles. The van der Waals surface area contributed by atoms with Crippen molar-refractivity contribution < 1.29 is 28.1 Å². The zero-order valence-corrected chi connectivity index (χ0v) is 28.8. The summed E-state index contributed by atoms with van der Waals surface area (Å²) in [5.74, 6) is 0.619. The van der Waals surface area contributed by atoms with Gasteiger partial charge in [-0.05, 0) is 0 Å². The Kier molecular flexibility index (Phi) is 8.72. The number of phenols is 2. The van der Waals surface area contributed by atoms with Gasteiger partial charge in [0.05, 0.1) is 0 Å². The predicted octanol–water partition coefficient (Wildman–Crippen LogP) is 10.2. The summed E-state index contributed by atoms with van der Waals surface area (Å²) in [5, 5.41) is 23.4. The fraction of sp³-hybridized carbons (Fsp3) is 0.324. The van der Waals surface area contributed by atoms with E-state index in [1.165, 1.54) is 3.90 Å². The van der Waals surface area contributed by atoms with E-state index in [0.29, 0.717) is 11.5 Å². The first-order valence-corrected chi connectivity index (χ1v) is 17.0. The Balaban J connectivity index is 2.17. The monoisotopic (exact) mass is 717 g/mol. The second-order valence-electron chi connectivity index (χ2n) is 13.7. The molecule has 0 atom stereocenters. The zero-order chi connectivity index (χ0) is 30.2. The third-order valence-electron chi connectivity index (χ3n) is 7.24. The molecule has 0 fully saturated rings. The first-order chi connectivity index (χ1) is 19.1. The topological polar surface area (TPSA) is 52.8 Å². The van der Waals surface area contributed by atoms with Crippen LogP contribution in [0.3, 0.4) is 0 Å². The van der Waals surface area contributed by atoms with E-state index in [1.807, 2.05) is 60.7 Å². The summed E-state index contributed by atoms with van der Waals surface area (Å²) in [4.78, 5) is 0. The predicted molar refractivity (Wildman–Crippen MR) is 170 cm³/mol. The summed E-state index contributed by atoms with van der Waals surface area (Å²) < 4.78 is 6.48. The Morgan fingerprint density at radius 1 is 0.537 bits per heavy atom. The van der Waals surface area contributed by atoms with Crippen LogP contribution in [0.1, 0.15) is 79.0 Å². The van der Waals surface area contributed by atoms with E-state index < -0.39 is 17.9 Å². The van der Waals surface area contributed by atoms with E-state index in [0.717, 1.165) is 44.6 Å². The Labute approximate surface area is 254 Å². The van der Waals surface area contributed by atoms with Crippen molar-refractivity contribution in [3.05, 3.63) is 102 Å². The third-order valence-corrected chi connectivity index (χ3v) is 11.9. The standard InChI is InChI=1S/C31H38O2.C6H5N.W/c1-29(2,3)19-24-20(22-15-11-17-25(27(22)32)30(4,5)6)13-10-14-21(24)23-16-12-18-26(28(23)33)31(7,8)9;7-6-4-2-1-3-5-6;/h10-18,32-33H,1-9H3;1-5H;. The quantitative estimate of drug-likeness (QED) is 0.221. The van der Waals surface area contributed by atoms with Crippen LogP contribution in [0.5, 0.6) is 11.5 Å². The average Bonchev–Trinajstić information content (AvgIpc) is 2.88.